The van der Waals surface area contributed by atoms with Crippen LogP contribution in [0.1, 0.15) is 5.56 Å². The number of ether oxygens (including phenoxy) is 1. The fourth-order valence-electron chi connectivity index (χ4n) is 4.17. The summed E-state index contributed by atoms with van der Waals surface area (Å²) in [6, 6.07) is 30.1. The molecule has 0 spiro atoms. The summed E-state index contributed by atoms with van der Waals surface area (Å²) in [7, 11) is 0. The number of benzene rings is 3. The first kappa shape index (κ1) is 22.7. The molecule has 1 aliphatic rings. The molecule has 2 heterocycles. The molecule has 0 radical (unpaired) electrons. The number of aromatic nitrogens is 3. The van der Waals surface area contributed by atoms with E-state index < -0.39 is 0 Å². The van der Waals surface area contributed by atoms with Gasteiger partial charge in [0.1, 0.15) is 11.4 Å². The Morgan fingerprint density at radius 2 is 1.29 bits per heavy atom. The molecule has 4 aromatic rings. The molecule has 1 aromatic heterocycles. The summed E-state index contributed by atoms with van der Waals surface area (Å²) in [5.41, 5.74) is 4.46. The van der Waals surface area contributed by atoms with Crippen LogP contribution in [0.15, 0.2) is 91.0 Å². The molecule has 5 rings (SSSR count). The first-order valence-electron chi connectivity index (χ1n) is 11.8. The molecule has 0 atom stereocenters. The Kier molecular flexibility index (Phi) is 7.05. The lowest BCUT2D eigenvalue weighted by Gasteiger charge is -2.34. The summed E-state index contributed by atoms with van der Waals surface area (Å²) < 4.78 is 5.71. The third-order valence-corrected chi connectivity index (χ3v) is 6.06. The number of nitrogens with zero attached hydrogens (tertiary/aromatic N) is 5. The molecule has 0 bridgehead atoms. The third kappa shape index (κ3) is 5.70. The van der Waals surface area contributed by atoms with Crippen molar-refractivity contribution >= 4 is 5.91 Å². The second kappa shape index (κ2) is 10.9. The maximum atomic E-state index is 12.8. The van der Waals surface area contributed by atoms with Gasteiger partial charge in [-0.25, -0.2) is 0 Å². The van der Waals surface area contributed by atoms with Gasteiger partial charge in [0.05, 0.1) is 0 Å². The van der Waals surface area contributed by atoms with Crippen molar-refractivity contribution in [2.45, 2.75) is 6.54 Å². The van der Waals surface area contributed by atoms with Crippen molar-refractivity contribution in [3.8, 4) is 28.5 Å². The fraction of sp³-hybridized carbons (Fsp3) is 0.214. The van der Waals surface area contributed by atoms with Crippen LogP contribution in [0.3, 0.4) is 0 Å². The predicted molar refractivity (Wildman–Crippen MR) is 134 cm³/mol. The van der Waals surface area contributed by atoms with Crippen molar-refractivity contribution in [1.82, 2.24) is 25.0 Å². The molecule has 176 valence electrons. The van der Waals surface area contributed by atoms with Crippen molar-refractivity contribution in [3.63, 3.8) is 0 Å². The van der Waals surface area contributed by atoms with Crippen molar-refractivity contribution in [2.24, 2.45) is 0 Å². The molecule has 7 nitrogen and oxygen atoms in total. The Hall–Kier alpha value is -4.10. The Bertz CT molecular complexity index is 1240. The molecule has 0 aliphatic carbocycles. The normalized spacial score (nSPS) is 14.0. The minimum absolute atomic E-state index is 0.0682. The number of carbonyl (C=O) groups is 1. The number of hydrogen-bond donors (Lipinski definition) is 0. The summed E-state index contributed by atoms with van der Waals surface area (Å²) in [4.78, 5) is 21.6. The molecule has 1 saturated heterocycles. The molecule has 3 aromatic carbocycles. The molecule has 0 N–H and O–H groups in total. The molecular formula is C28H27N5O2. The molecule has 1 aliphatic heterocycles. The van der Waals surface area contributed by atoms with Crippen molar-refractivity contribution in [3.05, 3.63) is 96.6 Å². The van der Waals surface area contributed by atoms with Gasteiger partial charge in [0.2, 0.25) is 0 Å². The topological polar surface area (TPSA) is 71.4 Å². The molecule has 0 saturated carbocycles. The van der Waals surface area contributed by atoms with Gasteiger partial charge in [0, 0.05) is 43.9 Å². The van der Waals surface area contributed by atoms with Gasteiger partial charge in [-0.1, -0.05) is 96.1 Å². The van der Waals surface area contributed by atoms with Gasteiger partial charge in [-0.2, -0.15) is 4.98 Å². The maximum Gasteiger partial charge on any atom is 0.336 e. The van der Waals surface area contributed by atoms with Gasteiger partial charge in [-0.15, -0.1) is 5.10 Å². The number of hydrogen-bond acceptors (Lipinski definition) is 6. The number of carbonyl (C=O) groups excluding carboxylic acids is 1. The Labute approximate surface area is 205 Å². The molecule has 1 amide bonds. The Morgan fingerprint density at radius 3 is 1.91 bits per heavy atom. The molecule has 35 heavy (non-hydrogen) atoms. The minimum atomic E-state index is -0.112. The number of piperazine rings is 1. The largest absolute Gasteiger partial charge is 0.452 e. The van der Waals surface area contributed by atoms with Crippen molar-refractivity contribution < 1.29 is 9.53 Å². The minimum Gasteiger partial charge on any atom is -0.452 e. The highest BCUT2D eigenvalue weighted by atomic mass is 16.5. The highest BCUT2D eigenvalue weighted by Crippen LogP contribution is 2.29. The van der Waals surface area contributed by atoms with E-state index >= 15 is 0 Å². The van der Waals surface area contributed by atoms with E-state index in [0.29, 0.717) is 24.5 Å². The van der Waals surface area contributed by atoms with Crippen LogP contribution >= 0.6 is 0 Å². The van der Waals surface area contributed by atoms with Crippen LogP contribution in [-0.4, -0.2) is 63.7 Å². The first-order valence-corrected chi connectivity index (χ1v) is 11.8. The van der Waals surface area contributed by atoms with Gasteiger partial charge in [0.25, 0.3) is 5.91 Å². The van der Waals surface area contributed by atoms with Gasteiger partial charge < -0.3 is 9.64 Å². The van der Waals surface area contributed by atoms with E-state index in [2.05, 4.69) is 44.3 Å². The predicted octanol–water partition coefficient (Wildman–Crippen LogP) is 3.93. The lowest BCUT2D eigenvalue weighted by Crippen LogP contribution is -2.49. The SMILES string of the molecule is O=C(COc1nnc(-c2ccccc2)c(-c2ccccc2)n1)N1CCN(Cc2ccccc2)CC1. The summed E-state index contributed by atoms with van der Waals surface area (Å²) in [6.45, 7) is 3.81. The van der Waals surface area contributed by atoms with E-state index in [1.807, 2.05) is 71.6 Å². The van der Waals surface area contributed by atoms with E-state index in [-0.39, 0.29) is 18.5 Å². The van der Waals surface area contributed by atoms with Gasteiger partial charge in [-0.05, 0) is 5.56 Å². The smallest absolute Gasteiger partial charge is 0.336 e. The second-order valence-corrected chi connectivity index (χ2v) is 8.45. The van der Waals surface area contributed by atoms with Gasteiger partial charge >= 0.3 is 6.01 Å². The maximum absolute atomic E-state index is 12.8. The summed E-state index contributed by atoms with van der Waals surface area (Å²) >= 11 is 0. The number of rotatable bonds is 7. The third-order valence-electron chi connectivity index (χ3n) is 6.06. The highest BCUT2D eigenvalue weighted by molar-refractivity contribution is 5.78. The van der Waals surface area contributed by atoms with Crippen LogP contribution in [0.2, 0.25) is 0 Å². The second-order valence-electron chi connectivity index (χ2n) is 8.45. The zero-order chi connectivity index (χ0) is 23.9. The van der Waals surface area contributed by atoms with E-state index in [1.54, 1.807) is 0 Å². The van der Waals surface area contributed by atoms with E-state index in [4.69, 9.17) is 4.74 Å². The Morgan fingerprint density at radius 1 is 0.714 bits per heavy atom. The highest BCUT2D eigenvalue weighted by Gasteiger charge is 2.22. The van der Waals surface area contributed by atoms with Gasteiger partial charge in [0.15, 0.2) is 6.61 Å². The van der Waals surface area contributed by atoms with Crippen LogP contribution < -0.4 is 4.74 Å². The molecule has 0 unspecified atom stereocenters. The number of amides is 1. The van der Waals surface area contributed by atoms with E-state index in [0.717, 1.165) is 30.8 Å². The standard InChI is InChI=1S/C28H27N5O2/c34-25(33-18-16-32(17-19-33)20-22-10-4-1-5-11-22)21-35-28-29-26(23-12-6-2-7-13-23)27(30-31-28)24-14-8-3-9-15-24/h1-15H,16-21H2. The quantitative estimate of drug-likeness (QED) is 0.412. The van der Waals surface area contributed by atoms with E-state index in [1.165, 1.54) is 5.56 Å². The zero-order valence-electron chi connectivity index (χ0n) is 19.5. The van der Waals surface area contributed by atoms with Crippen molar-refractivity contribution in [1.29, 1.82) is 0 Å². The van der Waals surface area contributed by atoms with Crippen molar-refractivity contribution in [2.75, 3.05) is 32.8 Å². The monoisotopic (exact) mass is 465 g/mol. The molecule has 1 fully saturated rings. The van der Waals surface area contributed by atoms with Crippen LogP contribution in [0, 0.1) is 0 Å². The van der Waals surface area contributed by atoms with Crippen LogP contribution in [0.4, 0.5) is 0 Å². The lowest BCUT2D eigenvalue weighted by molar-refractivity contribution is -0.135. The summed E-state index contributed by atoms with van der Waals surface area (Å²) in [6.07, 6.45) is 0. The molecule has 7 heteroatoms. The van der Waals surface area contributed by atoms with E-state index in [9.17, 15) is 4.79 Å². The fourth-order valence-corrected chi connectivity index (χ4v) is 4.17. The first-order chi connectivity index (χ1) is 17.3. The van der Waals surface area contributed by atoms with Crippen LogP contribution in [-0.2, 0) is 11.3 Å². The Balaban J connectivity index is 1.22. The molecular weight excluding hydrogens is 438 g/mol. The summed E-state index contributed by atoms with van der Waals surface area (Å²) in [5.74, 6) is -0.0682. The van der Waals surface area contributed by atoms with Gasteiger partial charge in [-0.3, -0.25) is 9.69 Å². The average Bonchev–Trinajstić information content (AvgIpc) is 2.93. The summed E-state index contributed by atoms with van der Waals surface area (Å²) in [5, 5.41) is 8.55. The zero-order valence-corrected chi connectivity index (χ0v) is 19.5. The van der Waals surface area contributed by atoms with Crippen LogP contribution in [0.25, 0.3) is 22.5 Å². The average molecular weight is 466 g/mol. The van der Waals surface area contributed by atoms with Crippen LogP contribution in [0.5, 0.6) is 6.01 Å². The lowest BCUT2D eigenvalue weighted by atomic mass is 10.0.